The number of anilines is 1. The fourth-order valence-electron chi connectivity index (χ4n) is 0.851. The summed E-state index contributed by atoms with van der Waals surface area (Å²) in [4.78, 5) is 0. The van der Waals surface area contributed by atoms with Crippen LogP contribution >= 0.6 is 27.5 Å². The van der Waals surface area contributed by atoms with E-state index < -0.39 is 5.82 Å². The Hall–Kier alpha value is -0.720. The Morgan fingerprint density at radius 2 is 2.31 bits per heavy atom. The second-order valence-corrected chi connectivity index (χ2v) is 3.62. The first kappa shape index (κ1) is 10.4. The van der Waals surface area contributed by atoms with Gasteiger partial charge in [-0.15, -0.1) is 6.42 Å². The topological polar surface area (TPSA) is 12.0 Å². The summed E-state index contributed by atoms with van der Waals surface area (Å²) in [5, 5.41) is 3.00. The molecule has 1 rings (SSSR count). The highest BCUT2D eigenvalue weighted by atomic mass is 79.9. The third-order valence-corrected chi connectivity index (χ3v) is 2.13. The predicted octanol–water partition coefficient (Wildman–Crippen LogP) is 3.29. The molecular weight excluding hydrogens is 256 g/mol. The van der Waals surface area contributed by atoms with Gasteiger partial charge in [0.2, 0.25) is 0 Å². The van der Waals surface area contributed by atoms with Gasteiger partial charge in [-0.1, -0.05) is 33.5 Å². The van der Waals surface area contributed by atoms with Crippen molar-refractivity contribution in [2.75, 3.05) is 11.9 Å². The molecule has 0 aliphatic rings. The zero-order valence-electron chi connectivity index (χ0n) is 6.57. The van der Waals surface area contributed by atoms with Gasteiger partial charge in [0.25, 0.3) is 0 Å². The number of rotatable bonds is 2. The third kappa shape index (κ3) is 2.61. The summed E-state index contributed by atoms with van der Waals surface area (Å²) < 4.78 is 13.8. The lowest BCUT2D eigenvalue weighted by Crippen LogP contribution is -2.01. The van der Waals surface area contributed by atoms with Crippen molar-refractivity contribution in [3.63, 3.8) is 0 Å². The zero-order chi connectivity index (χ0) is 9.84. The summed E-state index contributed by atoms with van der Waals surface area (Å²) >= 11 is 8.89. The van der Waals surface area contributed by atoms with Gasteiger partial charge in [-0.3, -0.25) is 0 Å². The normalized spacial score (nSPS) is 9.38. The van der Waals surface area contributed by atoms with Gasteiger partial charge in [0.15, 0.2) is 0 Å². The van der Waals surface area contributed by atoms with Crippen molar-refractivity contribution in [1.82, 2.24) is 0 Å². The van der Waals surface area contributed by atoms with Crippen LogP contribution in [0.4, 0.5) is 10.1 Å². The molecule has 0 atom stereocenters. The molecule has 1 aromatic carbocycles. The van der Waals surface area contributed by atoms with Crippen LogP contribution in [-0.4, -0.2) is 6.54 Å². The Kier molecular flexibility index (Phi) is 3.58. The van der Waals surface area contributed by atoms with E-state index in [0.29, 0.717) is 9.50 Å². The van der Waals surface area contributed by atoms with E-state index in [9.17, 15) is 4.39 Å². The lowest BCUT2D eigenvalue weighted by molar-refractivity contribution is 0.630. The molecule has 0 fully saturated rings. The SMILES string of the molecule is C#CCNc1c(F)cc(Br)cc1Cl. The molecule has 0 saturated heterocycles. The highest BCUT2D eigenvalue weighted by molar-refractivity contribution is 9.10. The van der Waals surface area contributed by atoms with Crippen LogP contribution in [0, 0.1) is 18.2 Å². The molecule has 1 aromatic rings. The molecule has 0 radical (unpaired) electrons. The van der Waals surface area contributed by atoms with Gasteiger partial charge in [0.1, 0.15) is 5.82 Å². The average molecular weight is 263 g/mol. The van der Waals surface area contributed by atoms with Crippen molar-refractivity contribution in [3.05, 3.63) is 27.4 Å². The van der Waals surface area contributed by atoms with E-state index in [2.05, 4.69) is 27.2 Å². The number of terminal acetylenes is 1. The quantitative estimate of drug-likeness (QED) is 0.807. The van der Waals surface area contributed by atoms with Crippen LogP contribution in [0.2, 0.25) is 5.02 Å². The highest BCUT2D eigenvalue weighted by Crippen LogP contribution is 2.28. The van der Waals surface area contributed by atoms with Crippen LogP contribution in [0.1, 0.15) is 0 Å². The molecule has 0 aromatic heterocycles. The van der Waals surface area contributed by atoms with Gasteiger partial charge in [-0.25, -0.2) is 4.39 Å². The van der Waals surface area contributed by atoms with E-state index >= 15 is 0 Å². The molecular formula is C9H6BrClFN. The first-order valence-corrected chi connectivity index (χ1v) is 4.64. The summed E-state index contributed by atoms with van der Waals surface area (Å²) in [6.07, 6.45) is 5.02. The van der Waals surface area contributed by atoms with Crippen molar-refractivity contribution in [1.29, 1.82) is 0 Å². The molecule has 0 aliphatic heterocycles. The van der Waals surface area contributed by atoms with Gasteiger partial charge in [-0.05, 0) is 12.1 Å². The monoisotopic (exact) mass is 261 g/mol. The van der Waals surface area contributed by atoms with Crippen LogP contribution in [0.25, 0.3) is 0 Å². The minimum atomic E-state index is -0.422. The number of hydrogen-bond donors (Lipinski definition) is 1. The van der Waals surface area contributed by atoms with Gasteiger partial charge in [0, 0.05) is 4.47 Å². The van der Waals surface area contributed by atoms with Crippen LogP contribution in [0.3, 0.4) is 0 Å². The van der Waals surface area contributed by atoms with Gasteiger partial charge in [-0.2, -0.15) is 0 Å². The highest BCUT2D eigenvalue weighted by Gasteiger charge is 2.07. The number of halogens is 3. The van der Waals surface area contributed by atoms with Gasteiger partial charge >= 0.3 is 0 Å². The lowest BCUT2D eigenvalue weighted by Gasteiger charge is -2.06. The first-order valence-electron chi connectivity index (χ1n) is 3.47. The fraction of sp³-hybridized carbons (Fsp3) is 0.111. The molecule has 0 heterocycles. The molecule has 4 heteroatoms. The Labute approximate surface area is 89.4 Å². The van der Waals surface area contributed by atoms with Crippen molar-refractivity contribution >= 4 is 33.2 Å². The molecule has 0 unspecified atom stereocenters. The summed E-state index contributed by atoms with van der Waals surface area (Å²) in [5.41, 5.74) is 0.239. The number of hydrogen-bond acceptors (Lipinski definition) is 1. The fourth-order valence-corrected chi connectivity index (χ4v) is 1.69. The molecule has 0 saturated carbocycles. The second kappa shape index (κ2) is 4.50. The molecule has 0 aliphatic carbocycles. The summed E-state index contributed by atoms with van der Waals surface area (Å²) in [5.74, 6) is 1.92. The second-order valence-electron chi connectivity index (χ2n) is 2.30. The van der Waals surface area contributed by atoms with Crippen molar-refractivity contribution in [2.24, 2.45) is 0 Å². The van der Waals surface area contributed by atoms with Crippen LogP contribution < -0.4 is 5.32 Å². The summed E-state index contributed by atoms with van der Waals surface area (Å²) in [7, 11) is 0. The van der Waals surface area contributed by atoms with E-state index in [-0.39, 0.29) is 12.2 Å². The van der Waals surface area contributed by atoms with E-state index in [1.165, 1.54) is 6.07 Å². The smallest absolute Gasteiger partial charge is 0.148 e. The Morgan fingerprint density at radius 1 is 1.62 bits per heavy atom. The summed E-state index contributed by atoms with van der Waals surface area (Å²) in [6, 6.07) is 2.92. The molecule has 13 heavy (non-hydrogen) atoms. The molecule has 1 nitrogen and oxygen atoms in total. The van der Waals surface area contributed by atoms with Crippen molar-refractivity contribution in [2.45, 2.75) is 0 Å². The minimum Gasteiger partial charge on any atom is -0.371 e. The lowest BCUT2D eigenvalue weighted by atomic mass is 10.3. The maximum atomic E-state index is 13.2. The van der Waals surface area contributed by atoms with Crippen molar-refractivity contribution in [3.8, 4) is 12.3 Å². The molecule has 68 valence electrons. The van der Waals surface area contributed by atoms with Crippen molar-refractivity contribution < 1.29 is 4.39 Å². The van der Waals surface area contributed by atoms with E-state index in [1.54, 1.807) is 6.07 Å². The Morgan fingerprint density at radius 3 is 2.85 bits per heavy atom. The maximum absolute atomic E-state index is 13.2. The largest absolute Gasteiger partial charge is 0.371 e. The number of nitrogens with one attached hydrogen (secondary N) is 1. The van der Waals surface area contributed by atoms with Gasteiger partial charge in [0.05, 0.1) is 17.3 Å². The van der Waals surface area contributed by atoms with E-state index in [0.717, 1.165) is 0 Å². The van der Waals surface area contributed by atoms with E-state index in [1.807, 2.05) is 0 Å². The van der Waals surface area contributed by atoms with Crippen LogP contribution in [0.15, 0.2) is 16.6 Å². The summed E-state index contributed by atoms with van der Waals surface area (Å²) in [6.45, 7) is 0.248. The zero-order valence-corrected chi connectivity index (χ0v) is 8.91. The Bertz CT molecular complexity index is 336. The first-order chi connectivity index (χ1) is 6.15. The number of benzene rings is 1. The molecule has 0 amide bonds. The van der Waals surface area contributed by atoms with Gasteiger partial charge < -0.3 is 5.32 Å². The molecule has 1 N–H and O–H groups in total. The standard InChI is InChI=1S/C9H6BrClFN/c1-2-3-13-9-7(11)4-6(10)5-8(9)12/h1,4-5,13H,3H2. The van der Waals surface area contributed by atoms with E-state index in [4.69, 9.17) is 18.0 Å². The third-order valence-electron chi connectivity index (χ3n) is 1.37. The maximum Gasteiger partial charge on any atom is 0.148 e. The molecule has 0 bridgehead atoms. The van der Waals surface area contributed by atoms with Crippen LogP contribution in [-0.2, 0) is 0 Å². The minimum absolute atomic E-state index is 0.239. The Balaban J connectivity index is 3.00. The van der Waals surface area contributed by atoms with Crippen LogP contribution in [0.5, 0.6) is 0 Å². The predicted molar refractivity (Wildman–Crippen MR) is 56.4 cm³/mol. The average Bonchev–Trinajstić information content (AvgIpc) is 2.02. The molecule has 0 spiro atoms.